The van der Waals surface area contributed by atoms with Crippen molar-refractivity contribution in [3.05, 3.63) is 87.9 Å². The number of hydrogen-bond donors (Lipinski definition) is 2. The van der Waals surface area contributed by atoms with Crippen LogP contribution in [0.15, 0.2) is 58.3 Å². The molecule has 0 radical (unpaired) electrons. The van der Waals surface area contributed by atoms with Gasteiger partial charge in [0.25, 0.3) is 0 Å². The average Bonchev–Trinajstić information content (AvgIpc) is 3.19. The van der Waals surface area contributed by atoms with Crippen LogP contribution in [0.5, 0.6) is 0 Å². The number of carboxylic acid groups (broad SMARTS) is 1. The molecule has 0 aliphatic carbocycles. The number of carboxylic acids is 1. The first-order valence-electron chi connectivity index (χ1n) is 9.51. The van der Waals surface area contributed by atoms with Gasteiger partial charge in [-0.15, -0.1) is 0 Å². The maximum atomic E-state index is 14.6. The smallest absolute Gasteiger partial charge is 0.357 e. The highest BCUT2D eigenvalue weighted by Gasteiger charge is 2.25. The number of aromatic carboxylic acids is 1. The minimum absolute atomic E-state index is 0.0627. The van der Waals surface area contributed by atoms with E-state index in [0.29, 0.717) is 27.4 Å². The van der Waals surface area contributed by atoms with Crippen LogP contribution in [0.3, 0.4) is 0 Å². The van der Waals surface area contributed by atoms with Crippen LogP contribution in [-0.2, 0) is 6.54 Å². The van der Waals surface area contributed by atoms with Gasteiger partial charge in [0.1, 0.15) is 17.9 Å². The molecule has 0 spiro atoms. The molecule has 0 atom stereocenters. The molecule has 0 unspecified atom stereocenters. The molecule has 33 heavy (non-hydrogen) atoms. The first kappa shape index (κ1) is 20.7. The molecule has 8 nitrogen and oxygen atoms in total. The van der Waals surface area contributed by atoms with Crippen molar-refractivity contribution >= 4 is 35.2 Å². The van der Waals surface area contributed by atoms with Crippen molar-refractivity contribution < 1.29 is 23.1 Å². The molecular weight excluding hydrogens is 456 g/mol. The molecule has 0 amide bonds. The van der Waals surface area contributed by atoms with Crippen LogP contribution < -0.4 is 5.32 Å². The molecule has 1 aliphatic rings. The van der Waals surface area contributed by atoms with E-state index in [0.717, 1.165) is 18.4 Å². The summed E-state index contributed by atoms with van der Waals surface area (Å²) in [7, 11) is 0. The van der Waals surface area contributed by atoms with Gasteiger partial charge in [-0.1, -0.05) is 23.7 Å². The fourth-order valence-electron chi connectivity index (χ4n) is 3.45. The number of carbonyl (C=O) groups is 1. The molecule has 0 fully saturated rings. The second kappa shape index (κ2) is 8.06. The lowest BCUT2D eigenvalue weighted by Gasteiger charge is -2.13. The van der Waals surface area contributed by atoms with E-state index in [-0.39, 0.29) is 35.5 Å². The van der Waals surface area contributed by atoms with Gasteiger partial charge in [-0.3, -0.25) is 10.3 Å². The van der Waals surface area contributed by atoms with Crippen LogP contribution in [0.1, 0.15) is 27.2 Å². The van der Waals surface area contributed by atoms with Gasteiger partial charge < -0.3 is 9.52 Å². The van der Waals surface area contributed by atoms with Gasteiger partial charge in [-0.2, -0.15) is 4.98 Å². The minimum atomic E-state index is -1.24. The lowest BCUT2D eigenvalue weighted by atomic mass is 9.95. The van der Waals surface area contributed by atoms with E-state index in [1.807, 2.05) is 0 Å². The van der Waals surface area contributed by atoms with Gasteiger partial charge in [0.15, 0.2) is 5.69 Å². The lowest BCUT2D eigenvalue weighted by Crippen LogP contribution is -2.10. The Morgan fingerprint density at radius 2 is 1.91 bits per heavy atom. The van der Waals surface area contributed by atoms with Crippen LogP contribution in [0.25, 0.3) is 11.3 Å². The van der Waals surface area contributed by atoms with Crippen LogP contribution in [-0.4, -0.2) is 31.7 Å². The molecule has 11 heteroatoms. The van der Waals surface area contributed by atoms with Crippen molar-refractivity contribution in [2.24, 2.45) is 4.99 Å². The summed E-state index contributed by atoms with van der Waals surface area (Å²) in [5.74, 6) is -2.67. The van der Waals surface area contributed by atoms with Crippen molar-refractivity contribution in [3.8, 4) is 11.3 Å². The number of fused-ring (bicyclic) bond motifs is 3. The van der Waals surface area contributed by atoms with Gasteiger partial charge in [0.05, 0.1) is 23.5 Å². The third kappa shape index (κ3) is 3.80. The first-order chi connectivity index (χ1) is 15.9. The Balaban J connectivity index is 1.62. The zero-order valence-corrected chi connectivity index (χ0v) is 17.3. The topological polar surface area (TPSA) is 114 Å². The Morgan fingerprint density at radius 3 is 2.64 bits per heavy atom. The van der Waals surface area contributed by atoms with Crippen LogP contribution in [0.2, 0.25) is 5.02 Å². The van der Waals surface area contributed by atoms with Gasteiger partial charge in [-0.05, 0) is 24.3 Å². The number of nitrogens with one attached hydrogen (secondary N) is 1. The van der Waals surface area contributed by atoms with Crippen molar-refractivity contribution in [2.75, 3.05) is 5.32 Å². The largest absolute Gasteiger partial charge is 0.476 e. The van der Waals surface area contributed by atoms with Crippen molar-refractivity contribution in [3.63, 3.8) is 0 Å². The molecular formula is C22H12ClF2N5O3. The number of hydrogen-bond acceptors (Lipinski definition) is 7. The molecule has 0 bridgehead atoms. The molecule has 2 N–H and O–H groups in total. The minimum Gasteiger partial charge on any atom is -0.476 e. The fraction of sp³-hybridized carbons (Fsp3) is 0.0455. The van der Waals surface area contributed by atoms with E-state index in [2.05, 4.69) is 25.3 Å². The summed E-state index contributed by atoms with van der Waals surface area (Å²) in [5, 5.41) is 12.0. The summed E-state index contributed by atoms with van der Waals surface area (Å²) in [6, 6.07) is 8.37. The quantitative estimate of drug-likeness (QED) is 0.440. The number of benzene rings is 2. The van der Waals surface area contributed by atoms with E-state index in [4.69, 9.17) is 21.1 Å². The number of anilines is 2. The number of aliphatic imine (C=N–C) groups is 1. The highest BCUT2D eigenvalue weighted by atomic mass is 35.5. The highest BCUT2D eigenvalue weighted by Crippen LogP contribution is 2.34. The molecule has 2 aromatic heterocycles. The van der Waals surface area contributed by atoms with Gasteiger partial charge in [0, 0.05) is 27.9 Å². The SMILES string of the molecule is O=C(O)c1coc(Nc2ncc3c(n2)-c2ccc(Cl)cc2C(c2c(F)cccc2F)=NC3)n1. The van der Waals surface area contributed by atoms with E-state index >= 15 is 0 Å². The molecule has 1 aliphatic heterocycles. The van der Waals surface area contributed by atoms with Gasteiger partial charge in [0.2, 0.25) is 5.95 Å². The summed E-state index contributed by atoms with van der Waals surface area (Å²) in [4.78, 5) is 27.9. The zero-order chi connectivity index (χ0) is 23.1. The number of halogens is 3. The predicted octanol–water partition coefficient (Wildman–Crippen LogP) is 4.86. The average molecular weight is 468 g/mol. The number of nitrogens with zero attached hydrogens (tertiary/aromatic N) is 4. The molecule has 0 saturated heterocycles. The number of oxazole rings is 1. The Morgan fingerprint density at radius 1 is 1.12 bits per heavy atom. The summed E-state index contributed by atoms with van der Waals surface area (Å²) in [6.45, 7) is 0.0627. The van der Waals surface area contributed by atoms with Gasteiger partial charge in [-0.25, -0.2) is 23.5 Å². The van der Waals surface area contributed by atoms with Gasteiger partial charge >= 0.3 is 12.0 Å². The summed E-state index contributed by atoms with van der Waals surface area (Å²) in [5.41, 5.74) is 1.57. The van der Waals surface area contributed by atoms with Crippen LogP contribution >= 0.6 is 11.6 Å². The molecule has 0 saturated carbocycles. The summed E-state index contributed by atoms with van der Waals surface area (Å²) < 4.78 is 34.3. The van der Waals surface area contributed by atoms with E-state index in [1.165, 1.54) is 12.3 Å². The van der Waals surface area contributed by atoms with Crippen molar-refractivity contribution in [2.45, 2.75) is 6.54 Å². The maximum absolute atomic E-state index is 14.6. The van der Waals surface area contributed by atoms with E-state index < -0.39 is 17.6 Å². The molecule has 164 valence electrons. The van der Waals surface area contributed by atoms with Crippen molar-refractivity contribution in [1.82, 2.24) is 15.0 Å². The van der Waals surface area contributed by atoms with Crippen LogP contribution in [0.4, 0.5) is 20.7 Å². The molecule has 5 rings (SSSR count). The predicted molar refractivity (Wildman–Crippen MR) is 115 cm³/mol. The molecule has 3 heterocycles. The Bertz CT molecular complexity index is 1430. The molecule has 4 aromatic rings. The van der Waals surface area contributed by atoms with E-state index in [1.54, 1.807) is 18.2 Å². The second-order valence-electron chi connectivity index (χ2n) is 6.99. The lowest BCUT2D eigenvalue weighted by molar-refractivity contribution is 0.0690. The number of rotatable bonds is 4. The summed E-state index contributed by atoms with van der Waals surface area (Å²) >= 11 is 6.20. The molecule has 2 aromatic carbocycles. The number of aromatic nitrogens is 3. The fourth-order valence-corrected chi connectivity index (χ4v) is 3.62. The maximum Gasteiger partial charge on any atom is 0.357 e. The second-order valence-corrected chi connectivity index (χ2v) is 7.42. The Labute approximate surface area is 189 Å². The highest BCUT2D eigenvalue weighted by molar-refractivity contribution is 6.31. The van der Waals surface area contributed by atoms with Crippen LogP contribution in [0, 0.1) is 11.6 Å². The third-order valence-corrected chi connectivity index (χ3v) is 5.14. The standard InChI is InChI=1S/C22H12ClF2N5O3/c23-11-4-5-12-13(6-11)19(17-14(24)2-1-3-15(17)25)26-7-10-8-27-21(29-18(10)12)30-22-28-16(9-33-22)20(31)32/h1-6,8-9H,7H2,(H,31,32)(H,27,28,29,30). The monoisotopic (exact) mass is 467 g/mol. The van der Waals surface area contributed by atoms with E-state index in [9.17, 15) is 13.6 Å². The normalized spacial score (nSPS) is 12.4. The third-order valence-electron chi connectivity index (χ3n) is 4.91. The first-order valence-corrected chi connectivity index (χ1v) is 9.89. The van der Waals surface area contributed by atoms with Crippen molar-refractivity contribution in [1.29, 1.82) is 0 Å². The Hall–Kier alpha value is -4.18. The zero-order valence-electron chi connectivity index (χ0n) is 16.5. The summed E-state index contributed by atoms with van der Waals surface area (Å²) in [6.07, 6.45) is 2.49. The Kier molecular flexibility index (Phi) is 5.06.